The first kappa shape index (κ1) is 11.3. The van der Waals surface area contributed by atoms with Crippen LogP contribution in [0.25, 0.3) is 0 Å². The third-order valence-electron chi connectivity index (χ3n) is 2.11. The highest BCUT2D eigenvalue weighted by atomic mass is 16.6. The van der Waals surface area contributed by atoms with Crippen LogP contribution in [0.15, 0.2) is 35.8 Å². The van der Waals surface area contributed by atoms with Crippen LogP contribution < -0.4 is 11.1 Å². The van der Waals surface area contributed by atoms with Crippen molar-refractivity contribution in [1.29, 1.82) is 0 Å². The van der Waals surface area contributed by atoms with E-state index in [-0.39, 0.29) is 5.82 Å². The highest BCUT2D eigenvalue weighted by Gasteiger charge is 2.00. The van der Waals surface area contributed by atoms with Gasteiger partial charge >= 0.3 is 0 Å². The Bertz CT molecular complexity index is 317. The van der Waals surface area contributed by atoms with Gasteiger partial charge in [-0.05, 0) is 19.3 Å². The lowest BCUT2D eigenvalue weighted by atomic mass is 10.0. The minimum Gasteiger partial charge on any atom is -0.380 e. The molecular formula is C10H15N3O2. The number of allylic oxidation sites excluding steroid dienone is 3. The first-order valence-corrected chi connectivity index (χ1v) is 4.86. The first-order chi connectivity index (χ1) is 7.18. The zero-order valence-corrected chi connectivity index (χ0v) is 8.48. The molecule has 0 atom stereocenters. The van der Waals surface area contributed by atoms with Crippen LogP contribution in [0.4, 0.5) is 0 Å². The molecular weight excluding hydrogens is 194 g/mol. The summed E-state index contributed by atoms with van der Waals surface area (Å²) in [6, 6.07) is 0. The van der Waals surface area contributed by atoms with Crippen LogP contribution >= 0.6 is 0 Å². The first-order valence-electron chi connectivity index (χ1n) is 4.86. The molecule has 0 radical (unpaired) electrons. The van der Waals surface area contributed by atoms with Crippen molar-refractivity contribution in [2.75, 3.05) is 6.54 Å². The average molecular weight is 209 g/mol. The average Bonchev–Trinajstić information content (AvgIpc) is 2.18. The summed E-state index contributed by atoms with van der Waals surface area (Å²) in [7, 11) is 0. The zero-order chi connectivity index (χ0) is 11.1. The molecule has 0 aromatic heterocycles. The van der Waals surface area contributed by atoms with Gasteiger partial charge in [0.05, 0.1) is 4.92 Å². The predicted octanol–water partition coefficient (Wildman–Crippen LogP) is 1.28. The van der Waals surface area contributed by atoms with E-state index in [2.05, 4.69) is 23.5 Å². The molecule has 1 aliphatic carbocycles. The molecule has 0 aromatic rings. The van der Waals surface area contributed by atoms with Crippen molar-refractivity contribution in [2.24, 2.45) is 5.73 Å². The summed E-state index contributed by atoms with van der Waals surface area (Å²) in [5, 5.41) is 12.9. The van der Waals surface area contributed by atoms with Gasteiger partial charge in [-0.15, -0.1) is 0 Å². The molecule has 1 aliphatic rings. The fourth-order valence-corrected chi connectivity index (χ4v) is 1.38. The second-order valence-corrected chi connectivity index (χ2v) is 3.32. The molecule has 0 saturated heterocycles. The van der Waals surface area contributed by atoms with Gasteiger partial charge in [-0.2, -0.15) is 0 Å². The fraction of sp³-hybridized carbons (Fsp3) is 0.400. The van der Waals surface area contributed by atoms with Crippen LogP contribution in [0.5, 0.6) is 0 Å². The molecule has 0 fully saturated rings. The van der Waals surface area contributed by atoms with Gasteiger partial charge in [0.2, 0.25) is 0 Å². The van der Waals surface area contributed by atoms with Crippen LogP contribution in [-0.4, -0.2) is 11.5 Å². The van der Waals surface area contributed by atoms with Crippen molar-refractivity contribution in [3.05, 3.63) is 45.9 Å². The molecule has 5 nitrogen and oxygen atoms in total. The van der Waals surface area contributed by atoms with Crippen molar-refractivity contribution in [3.63, 3.8) is 0 Å². The predicted molar refractivity (Wildman–Crippen MR) is 58.3 cm³/mol. The summed E-state index contributed by atoms with van der Waals surface area (Å²) in [6.07, 6.45) is 10.0. The van der Waals surface area contributed by atoms with E-state index in [1.54, 1.807) is 0 Å². The molecule has 0 aliphatic heterocycles. The summed E-state index contributed by atoms with van der Waals surface area (Å²) in [5.74, 6) is 0.104. The number of nitrogens with one attached hydrogen (secondary N) is 1. The number of nitrogens with two attached hydrogens (primary N) is 1. The Labute approximate surface area is 88.5 Å². The summed E-state index contributed by atoms with van der Waals surface area (Å²) >= 11 is 0. The molecule has 0 amide bonds. The topological polar surface area (TPSA) is 81.2 Å². The lowest BCUT2D eigenvalue weighted by Crippen LogP contribution is -2.22. The van der Waals surface area contributed by atoms with Gasteiger partial charge < -0.3 is 11.1 Å². The van der Waals surface area contributed by atoms with E-state index in [0.717, 1.165) is 25.5 Å². The molecule has 0 saturated carbocycles. The van der Waals surface area contributed by atoms with Crippen molar-refractivity contribution in [2.45, 2.75) is 19.3 Å². The molecule has 0 spiro atoms. The van der Waals surface area contributed by atoms with Crippen molar-refractivity contribution in [1.82, 2.24) is 5.32 Å². The van der Waals surface area contributed by atoms with Crippen LogP contribution in [0, 0.1) is 10.1 Å². The Balaban J connectivity index is 2.21. The van der Waals surface area contributed by atoms with Crippen LogP contribution in [0.1, 0.15) is 19.3 Å². The summed E-state index contributed by atoms with van der Waals surface area (Å²) < 4.78 is 0. The van der Waals surface area contributed by atoms with Gasteiger partial charge in [0.1, 0.15) is 0 Å². The Hall–Kier alpha value is -1.78. The third kappa shape index (κ3) is 4.85. The normalized spacial score (nSPS) is 16.0. The quantitative estimate of drug-likeness (QED) is 0.406. The molecule has 0 aromatic carbocycles. The minimum atomic E-state index is -0.565. The van der Waals surface area contributed by atoms with E-state index in [9.17, 15) is 10.1 Å². The maximum Gasteiger partial charge on any atom is 0.273 e. The number of rotatable bonds is 5. The molecule has 0 heterocycles. The Kier molecular flexibility index (Phi) is 4.40. The molecule has 15 heavy (non-hydrogen) atoms. The van der Waals surface area contributed by atoms with E-state index >= 15 is 0 Å². The van der Waals surface area contributed by atoms with Crippen molar-refractivity contribution in [3.8, 4) is 0 Å². The Morgan fingerprint density at radius 1 is 1.67 bits per heavy atom. The molecule has 1 rings (SSSR count). The summed E-state index contributed by atoms with van der Waals surface area (Å²) in [5.41, 5.74) is 6.71. The van der Waals surface area contributed by atoms with E-state index in [1.807, 2.05) is 0 Å². The van der Waals surface area contributed by atoms with Gasteiger partial charge in [0.25, 0.3) is 6.20 Å². The van der Waals surface area contributed by atoms with E-state index in [1.165, 1.54) is 5.57 Å². The van der Waals surface area contributed by atoms with Gasteiger partial charge in [0, 0.05) is 6.54 Å². The largest absolute Gasteiger partial charge is 0.380 e. The van der Waals surface area contributed by atoms with Gasteiger partial charge in [-0.1, -0.05) is 23.8 Å². The van der Waals surface area contributed by atoms with Crippen molar-refractivity contribution >= 4 is 0 Å². The number of hydrogen-bond acceptors (Lipinski definition) is 4. The van der Waals surface area contributed by atoms with Gasteiger partial charge in [0.15, 0.2) is 5.82 Å². The Morgan fingerprint density at radius 2 is 2.47 bits per heavy atom. The lowest BCUT2D eigenvalue weighted by Gasteiger charge is -2.09. The molecule has 5 heteroatoms. The molecule has 0 unspecified atom stereocenters. The maximum absolute atomic E-state index is 10.1. The van der Waals surface area contributed by atoms with Crippen molar-refractivity contribution < 1.29 is 4.92 Å². The second kappa shape index (κ2) is 5.85. The lowest BCUT2D eigenvalue weighted by molar-refractivity contribution is -0.403. The SMILES string of the molecule is N/C(=C\[N+](=O)[O-])NCCC1=CCC=CC1. The summed E-state index contributed by atoms with van der Waals surface area (Å²) in [6.45, 7) is 0.635. The smallest absolute Gasteiger partial charge is 0.273 e. The van der Waals surface area contributed by atoms with E-state index in [0.29, 0.717) is 6.54 Å². The number of hydrogen-bond donors (Lipinski definition) is 2. The highest BCUT2D eigenvalue weighted by molar-refractivity contribution is 5.14. The van der Waals surface area contributed by atoms with Crippen LogP contribution in [-0.2, 0) is 0 Å². The zero-order valence-electron chi connectivity index (χ0n) is 8.48. The summed E-state index contributed by atoms with van der Waals surface area (Å²) in [4.78, 5) is 9.50. The van der Waals surface area contributed by atoms with Gasteiger partial charge in [-0.25, -0.2) is 0 Å². The van der Waals surface area contributed by atoms with E-state index < -0.39 is 4.92 Å². The fourth-order valence-electron chi connectivity index (χ4n) is 1.38. The third-order valence-corrected chi connectivity index (χ3v) is 2.11. The maximum atomic E-state index is 10.1. The van der Waals surface area contributed by atoms with Gasteiger partial charge in [-0.3, -0.25) is 10.1 Å². The molecule has 0 bridgehead atoms. The molecule has 82 valence electrons. The second-order valence-electron chi connectivity index (χ2n) is 3.32. The Morgan fingerprint density at radius 3 is 3.07 bits per heavy atom. The highest BCUT2D eigenvalue weighted by Crippen LogP contribution is 2.13. The van der Waals surface area contributed by atoms with E-state index in [4.69, 9.17) is 5.73 Å². The number of nitro groups is 1. The van der Waals surface area contributed by atoms with Crippen LogP contribution in [0.2, 0.25) is 0 Å². The minimum absolute atomic E-state index is 0.104. The van der Waals surface area contributed by atoms with Crippen LogP contribution in [0.3, 0.4) is 0 Å². The standard InChI is InChI=1S/C10H15N3O2/c11-10(8-13(14)15)12-7-6-9-4-2-1-3-5-9/h1-2,5,8,12H,3-4,6-7,11H2/b10-8+. The molecule has 3 N–H and O–H groups in total. The number of nitrogens with zero attached hydrogens (tertiary/aromatic N) is 1. The monoisotopic (exact) mass is 209 g/mol.